The Bertz CT molecular complexity index is 838. The van der Waals surface area contributed by atoms with E-state index in [0.29, 0.717) is 5.56 Å². The van der Waals surface area contributed by atoms with Gasteiger partial charge in [0.15, 0.2) is 5.78 Å². The Hall–Kier alpha value is -2.43. The molecule has 1 heterocycles. The average molecular weight is 308 g/mol. The van der Waals surface area contributed by atoms with Gasteiger partial charge in [0.2, 0.25) is 0 Å². The van der Waals surface area contributed by atoms with E-state index in [2.05, 4.69) is 10.3 Å². The van der Waals surface area contributed by atoms with Gasteiger partial charge in [0.05, 0.1) is 0 Å². The molecule has 0 amide bonds. The number of carbonyl (C=O) groups is 1. The molecule has 2 aromatic carbocycles. The lowest BCUT2D eigenvalue weighted by Crippen LogP contribution is -2.24. The number of nitrogens with one attached hydrogen (secondary N) is 2. The molecule has 3 aromatic rings. The molecule has 23 heavy (non-hydrogen) atoms. The lowest BCUT2D eigenvalue weighted by Gasteiger charge is -2.19. The molecule has 0 aliphatic heterocycles. The van der Waals surface area contributed by atoms with Crippen molar-refractivity contribution in [2.45, 2.75) is 26.1 Å². The highest BCUT2D eigenvalue weighted by molar-refractivity contribution is 5.94. The Morgan fingerprint density at radius 2 is 1.96 bits per heavy atom. The van der Waals surface area contributed by atoms with Crippen LogP contribution in [0.15, 0.2) is 54.7 Å². The van der Waals surface area contributed by atoms with Crippen LogP contribution in [0.5, 0.6) is 0 Å². The number of aliphatic hydroxyl groups excluding tert-OH is 1. The van der Waals surface area contributed by atoms with Gasteiger partial charge in [0.1, 0.15) is 6.23 Å². The first-order valence-corrected chi connectivity index (χ1v) is 7.67. The van der Waals surface area contributed by atoms with Crippen molar-refractivity contribution in [3.8, 4) is 0 Å². The topological polar surface area (TPSA) is 65.1 Å². The van der Waals surface area contributed by atoms with Crippen LogP contribution >= 0.6 is 0 Å². The maximum absolute atomic E-state index is 11.5. The molecule has 4 heteroatoms. The summed E-state index contributed by atoms with van der Waals surface area (Å²) >= 11 is 0. The van der Waals surface area contributed by atoms with E-state index >= 15 is 0 Å². The summed E-state index contributed by atoms with van der Waals surface area (Å²) in [5.41, 5.74) is 3.46. The maximum atomic E-state index is 11.5. The van der Waals surface area contributed by atoms with Gasteiger partial charge in [-0.25, -0.2) is 0 Å². The Labute approximate surface area is 135 Å². The van der Waals surface area contributed by atoms with Gasteiger partial charge in [-0.15, -0.1) is 0 Å². The van der Waals surface area contributed by atoms with E-state index < -0.39 is 6.23 Å². The fraction of sp³-hybridized carbons (Fsp3) is 0.211. The van der Waals surface area contributed by atoms with Crippen molar-refractivity contribution in [3.63, 3.8) is 0 Å². The maximum Gasteiger partial charge on any atom is 0.159 e. The average Bonchev–Trinajstić information content (AvgIpc) is 2.99. The minimum atomic E-state index is -0.790. The lowest BCUT2D eigenvalue weighted by atomic mass is 10.0. The van der Waals surface area contributed by atoms with Gasteiger partial charge >= 0.3 is 0 Å². The first kappa shape index (κ1) is 15.5. The Morgan fingerprint density at radius 3 is 2.74 bits per heavy atom. The fourth-order valence-corrected chi connectivity index (χ4v) is 2.77. The molecule has 0 aliphatic rings. The molecule has 3 rings (SSSR count). The van der Waals surface area contributed by atoms with E-state index in [4.69, 9.17) is 0 Å². The largest absolute Gasteiger partial charge is 0.374 e. The van der Waals surface area contributed by atoms with Crippen LogP contribution in [-0.4, -0.2) is 15.9 Å². The van der Waals surface area contributed by atoms with Crippen molar-refractivity contribution in [2.75, 3.05) is 0 Å². The number of aliphatic hydroxyl groups is 1. The molecule has 0 aliphatic carbocycles. The minimum Gasteiger partial charge on any atom is -0.374 e. The van der Waals surface area contributed by atoms with Gasteiger partial charge in [0.25, 0.3) is 0 Å². The van der Waals surface area contributed by atoms with Crippen molar-refractivity contribution in [3.05, 3.63) is 71.4 Å². The van der Waals surface area contributed by atoms with E-state index in [1.54, 1.807) is 13.0 Å². The van der Waals surface area contributed by atoms with Crippen LogP contribution in [0.3, 0.4) is 0 Å². The van der Waals surface area contributed by atoms with E-state index in [1.165, 1.54) is 0 Å². The van der Waals surface area contributed by atoms with E-state index in [9.17, 15) is 9.90 Å². The molecule has 0 saturated carbocycles. The standard InChI is InChI=1S/C19H20N2O2/c1-12(14-6-5-7-15(10-14)13(2)22)21-19(23)17-11-20-18-9-4-3-8-16(17)18/h3-12,19-21,23H,1-2H3. The Morgan fingerprint density at radius 1 is 1.17 bits per heavy atom. The van der Waals surface area contributed by atoms with Gasteiger partial charge in [0, 0.05) is 34.3 Å². The van der Waals surface area contributed by atoms with Gasteiger partial charge in [-0.3, -0.25) is 10.1 Å². The summed E-state index contributed by atoms with van der Waals surface area (Å²) in [6.07, 6.45) is 1.03. The molecular weight excluding hydrogens is 288 g/mol. The van der Waals surface area contributed by atoms with Crippen molar-refractivity contribution in [2.24, 2.45) is 0 Å². The second-order valence-electron chi connectivity index (χ2n) is 5.76. The number of rotatable bonds is 5. The number of carbonyl (C=O) groups excluding carboxylic acids is 1. The highest BCUT2D eigenvalue weighted by Crippen LogP contribution is 2.25. The van der Waals surface area contributed by atoms with E-state index in [-0.39, 0.29) is 11.8 Å². The van der Waals surface area contributed by atoms with Crippen molar-refractivity contribution >= 4 is 16.7 Å². The molecule has 2 unspecified atom stereocenters. The highest BCUT2D eigenvalue weighted by Gasteiger charge is 2.16. The first-order valence-electron chi connectivity index (χ1n) is 7.67. The summed E-state index contributed by atoms with van der Waals surface area (Å²) in [5.74, 6) is 0.0382. The summed E-state index contributed by atoms with van der Waals surface area (Å²) in [4.78, 5) is 14.7. The molecular formula is C19H20N2O2. The second-order valence-corrected chi connectivity index (χ2v) is 5.76. The van der Waals surface area contributed by atoms with Crippen molar-refractivity contribution < 1.29 is 9.90 Å². The van der Waals surface area contributed by atoms with Gasteiger partial charge in [-0.05, 0) is 31.5 Å². The Kier molecular flexibility index (Phi) is 4.28. The third-order valence-corrected chi connectivity index (χ3v) is 4.12. The monoisotopic (exact) mass is 308 g/mol. The zero-order valence-electron chi connectivity index (χ0n) is 13.2. The number of para-hydroxylation sites is 1. The predicted octanol–water partition coefficient (Wildman–Crippen LogP) is 3.71. The van der Waals surface area contributed by atoms with Gasteiger partial charge in [-0.2, -0.15) is 0 Å². The Balaban J connectivity index is 1.81. The molecule has 0 radical (unpaired) electrons. The highest BCUT2D eigenvalue weighted by atomic mass is 16.3. The summed E-state index contributed by atoms with van der Waals surface area (Å²) < 4.78 is 0. The zero-order valence-corrected chi connectivity index (χ0v) is 13.2. The number of hydrogen-bond donors (Lipinski definition) is 3. The summed E-state index contributed by atoms with van der Waals surface area (Å²) in [7, 11) is 0. The van der Waals surface area contributed by atoms with Crippen LogP contribution in [0.1, 0.15) is 47.6 Å². The molecule has 4 nitrogen and oxygen atoms in total. The number of ketones is 1. The van der Waals surface area contributed by atoms with Crippen LogP contribution in [0, 0.1) is 0 Å². The third kappa shape index (κ3) is 3.18. The summed E-state index contributed by atoms with van der Waals surface area (Å²) in [6, 6.07) is 15.3. The fourth-order valence-electron chi connectivity index (χ4n) is 2.77. The van der Waals surface area contributed by atoms with Crippen molar-refractivity contribution in [1.29, 1.82) is 0 Å². The number of benzene rings is 2. The molecule has 1 aromatic heterocycles. The summed E-state index contributed by atoms with van der Waals surface area (Å²) in [5, 5.41) is 14.7. The van der Waals surface area contributed by atoms with Gasteiger partial charge < -0.3 is 10.1 Å². The van der Waals surface area contributed by atoms with Crippen LogP contribution < -0.4 is 5.32 Å². The molecule has 0 bridgehead atoms. The second kappa shape index (κ2) is 6.36. The number of H-pyrrole nitrogens is 1. The number of aromatic amines is 1. The zero-order chi connectivity index (χ0) is 16.4. The molecule has 2 atom stereocenters. The van der Waals surface area contributed by atoms with E-state index in [0.717, 1.165) is 22.0 Å². The number of fused-ring (bicyclic) bond motifs is 1. The minimum absolute atomic E-state index is 0.0382. The van der Waals surface area contributed by atoms with Crippen LogP contribution in [-0.2, 0) is 0 Å². The molecule has 0 saturated heterocycles. The third-order valence-electron chi connectivity index (χ3n) is 4.12. The smallest absolute Gasteiger partial charge is 0.159 e. The quantitative estimate of drug-likeness (QED) is 0.497. The number of hydrogen-bond acceptors (Lipinski definition) is 3. The van der Waals surface area contributed by atoms with Crippen LogP contribution in [0.4, 0.5) is 0 Å². The van der Waals surface area contributed by atoms with Crippen LogP contribution in [0.25, 0.3) is 10.9 Å². The molecule has 118 valence electrons. The predicted molar refractivity (Wildman–Crippen MR) is 91.3 cm³/mol. The van der Waals surface area contributed by atoms with E-state index in [1.807, 2.05) is 55.6 Å². The molecule has 0 spiro atoms. The number of aromatic nitrogens is 1. The molecule has 0 fully saturated rings. The lowest BCUT2D eigenvalue weighted by molar-refractivity contribution is 0.101. The van der Waals surface area contributed by atoms with Gasteiger partial charge in [-0.1, -0.05) is 36.4 Å². The number of Topliss-reactive ketones (excluding diaryl/α,β-unsaturated/α-hetero) is 1. The normalized spacial score (nSPS) is 13.9. The van der Waals surface area contributed by atoms with Crippen LogP contribution in [0.2, 0.25) is 0 Å². The molecule has 3 N–H and O–H groups in total. The first-order chi connectivity index (χ1) is 11.1. The SMILES string of the molecule is CC(=O)c1cccc(C(C)NC(O)c2c[nH]c3ccccc23)c1. The van der Waals surface area contributed by atoms with Crippen molar-refractivity contribution in [1.82, 2.24) is 10.3 Å². The summed E-state index contributed by atoms with van der Waals surface area (Å²) in [6.45, 7) is 3.52.